The van der Waals surface area contributed by atoms with Crippen molar-refractivity contribution in [2.75, 3.05) is 59.8 Å². The first kappa shape index (κ1) is 40.6. The number of likely N-dealkylation sites (tertiary alicyclic amines) is 2. The first-order valence-corrected chi connectivity index (χ1v) is 20.0. The third-order valence-electron chi connectivity index (χ3n) is 11.1. The molecule has 0 radical (unpaired) electrons. The van der Waals surface area contributed by atoms with Crippen LogP contribution in [-0.4, -0.2) is 129 Å². The Hall–Kier alpha value is -2.61. The monoisotopic (exact) mass is 729 g/mol. The minimum atomic E-state index is -1.53. The van der Waals surface area contributed by atoms with E-state index >= 15 is 0 Å². The predicted molar refractivity (Wildman–Crippen MR) is 195 cm³/mol. The number of amides is 1. The maximum absolute atomic E-state index is 14.2. The molecule has 3 saturated heterocycles. The summed E-state index contributed by atoms with van der Waals surface area (Å²) in [7, 11) is 1.62. The van der Waals surface area contributed by atoms with Crippen molar-refractivity contribution in [2.45, 2.75) is 133 Å². The molecule has 1 aliphatic carbocycles. The molecular formula is C40H63N3O9. The van der Waals surface area contributed by atoms with Gasteiger partial charge in [0.2, 0.25) is 0 Å². The fourth-order valence-electron chi connectivity index (χ4n) is 8.21. The van der Waals surface area contributed by atoms with Crippen LogP contribution in [0.1, 0.15) is 95.5 Å². The molecule has 292 valence electrons. The highest BCUT2D eigenvalue weighted by molar-refractivity contribution is 5.83. The number of nitrogens with one attached hydrogen (secondary N) is 1. The van der Waals surface area contributed by atoms with Gasteiger partial charge in [-0.05, 0) is 75.9 Å². The molecule has 1 unspecified atom stereocenters. The Kier molecular flexibility index (Phi) is 17.1. The highest BCUT2D eigenvalue weighted by Crippen LogP contribution is 2.29. The SMILES string of the molecule is COCOC1CCN(C[C@H](Cc2ccccc2)OC2COC(=O)CCC[C@H](CN3CCCCC3)OC(=O)[C@H](O)[C@H](CC3CCCCC3)NC2=O)CC1. The Morgan fingerprint density at radius 3 is 2.35 bits per heavy atom. The zero-order valence-corrected chi connectivity index (χ0v) is 31.3. The number of methoxy groups -OCH3 is 1. The number of carbonyl (C=O) groups excluding carboxylic acids is 3. The Labute approximate surface area is 310 Å². The molecule has 2 N–H and O–H groups in total. The van der Waals surface area contributed by atoms with Crippen LogP contribution >= 0.6 is 0 Å². The number of carbonyl (C=O) groups is 3. The Morgan fingerprint density at radius 2 is 1.62 bits per heavy atom. The van der Waals surface area contributed by atoms with Crippen molar-refractivity contribution in [1.29, 1.82) is 0 Å². The van der Waals surface area contributed by atoms with E-state index in [1.165, 1.54) is 6.42 Å². The Morgan fingerprint density at radius 1 is 0.885 bits per heavy atom. The number of hydrogen-bond donors (Lipinski definition) is 2. The van der Waals surface area contributed by atoms with Gasteiger partial charge in [0.25, 0.3) is 5.91 Å². The second kappa shape index (κ2) is 21.9. The summed E-state index contributed by atoms with van der Waals surface area (Å²) in [5.41, 5.74) is 1.07. The van der Waals surface area contributed by atoms with Gasteiger partial charge in [-0.15, -0.1) is 0 Å². The lowest BCUT2D eigenvalue weighted by Gasteiger charge is -2.35. The van der Waals surface area contributed by atoms with Gasteiger partial charge in [0, 0.05) is 39.7 Å². The quantitative estimate of drug-likeness (QED) is 0.225. The van der Waals surface area contributed by atoms with Gasteiger partial charge in [-0.2, -0.15) is 0 Å². The van der Waals surface area contributed by atoms with Gasteiger partial charge in [0.15, 0.2) is 12.2 Å². The lowest BCUT2D eigenvalue weighted by atomic mass is 9.83. The second-order valence-corrected chi connectivity index (χ2v) is 15.3. The number of piperidine rings is 2. The lowest BCUT2D eigenvalue weighted by Crippen LogP contribution is -2.54. The molecule has 12 heteroatoms. The van der Waals surface area contributed by atoms with E-state index in [1.807, 2.05) is 30.3 Å². The van der Waals surface area contributed by atoms with Crippen molar-refractivity contribution in [3.63, 3.8) is 0 Å². The van der Waals surface area contributed by atoms with Crippen molar-refractivity contribution < 1.29 is 43.2 Å². The van der Waals surface area contributed by atoms with Crippen molar-refractivity contribution in [1.82, 2.24) is 15.1 Å². The highest BCUT2D eigenvalue weighted by Gasteiger charge is 2.37. The van der Waals surface area contributed by atoms with E-state index in [0.29, 0.717) is 38.8 Å². The summed E-state index contributed by atoms with van der Waals surface area (Å²) < 4.78 is 29.2. The van der Waals surface area contributed by atoms with Crippen molar-refractivity contribution in [3.8, 4) is 0 Å². The summed E-state index contributed by atoms with van der Waals surface area (Å²) in [6.07, 6.45) is 9.11. The number of cyclic esters (lactones) is 2. The third-order valence-corrected chi connectivity index (χ3v) is 11.1. The van der Waals surface area contributed by atoms with E-state index in [9.17, 15) is 19.5 Å². The van der Waals surface area contributed by atoms with Crippen molar-refractivity contribution in [2.24, 2.45) is 5.92 Å². The zero-order chi connectivity index (χ0) is 36.5. The molecule has 3 aliphatic heterocycles. The van der Waals surface area contributed by atoms with Crippen LogP contribution in [0.4, 0.5) is 0 Å². The number of nitrogens with zero attached hydrogens (tertiary/aromatic N) is 2. The first-order valence-electron chi connectivity index (χ1n) is 20.0. The van der Waals surface area contributed by atoms with Crippen LogP contribution in [0, 0.1) is 5.92 Å². The molecule has 3 heterocycles. The Balaban J connectivity index is 1.32. The molecule has 5 rings (SSSR count). The largest absolute Gasteiger partial charge is 0.462 e. The maximum atomic E-state index is 14.2. The molecule has 1 amide bonds. The minimum Gasteiger partial charge on any atom is -0.462 e. The van der Waals surface area contributed by atoms with Crippen LogP contribution < -0.4 is 5.32 Å². The number of ether oxygens (including phenoxy) is 5. The highest BCUT2D eigenvalue weighted by atomic mass is 16.7. The van der Waals surface area contributed by atoms with Gasteiger partial charge in [0.1, 0.15) is 19.5 Å². The van der Waals surface area contributed by atoms with Gasteiger partial charge in [-0.1, -0.05) is 68.9 Å². The molecule has 4 fully saturated rings. The fourth-order valence-corrected chi connectivity index (χ4v) is 8.21. The summed E-state index contributed by atoms with van der Waals surface area (Å²) in [6, 6.07) is 9.14. The molecule has 5 atom stereocenters. The molecule has 12 nitrogen and oxygen atoms in total. The Bertz CT molecular complexity index is 1200. The van der Waals surface area contributed by atoms with Crippen molar-refractivity contribution >= 4 is 17.8 Å². The van der Waals surface area contributed by atoms with Crippen LogP contribution in [0.2, 0.25) is 0 Å². The molecule has 1 saturated carbocycles. The van der Waals surface area contributed by atoms with Crippen LogP contribution in [0.15, 0.2) is 30.3 Å². The number of hydrogen-bond acceptors (Lipinski definition) is 11. The zero-order valence-electron chi connectivity index (χ0n) is 31.3. The van der Waals surface area contributed by atoms with Gasteiger partial charge < -0.3 is 39.0 Å². The van der Waals surface area contributed by atoms with Gasteiger partial charge >= 0.3 is 11.9 Å². The molecule has 1 aromatic carbocycles. The number of rotatable bonds is 13. The average molecular weight is 730 g/mol. The molecule has 52 heavy (non-hydrogen) atoms. The average Bonchev–Trinajstić information content (AvgIpc) is 3.16. The topological polar surface area (TPSA) is 136 Å². The summed E-state index contributed by atoms with van der Waals surface area (Å²) >= 11 is 0. The standard InChI is InChI=1S/C40H63N3O9/c1-48-29-50-32-18-22-43(23-19-32)27-34(24-30-12-5-2-6-13-30)51-36-28-49-37(44)17-11-16-33(26-42-20-9-4-10-21-42)52-40(47)38(45)35(41-39(36)46)25-31-14-7-3-8-15-31/h2,5-6,12-13,31-36,38,45H,3-4,7-11,14-29H2,1H3,(H,41,46)/t33-,34+,35+,36?,38-/m1/s1. The fraction of sp³-hybridized carbons (Fsp3) is 0.775. The smallest absolute Gasteiger partial charge is 0.337 e. The number of aliphatic hydroxyl groups excluding tert-OH is 1. The number of aliphatic hydroxyl groups is 1. The van der Waals surface area contributed by atoms with Crippen LogP contribution in [0.25, 0.3) is 0 Å². The molecule has 0 aromatic heterocycles. The first-order chi connectivity index (χ1) is 25.4. The second-order valence-electron chi connectivity index (χ2n) is 15.3. The van der Waals surface area contributed by atoms with Crippen LogP contribution in [-0.2, 0) is 44.5 Å². The van der Waals surface area contributed by atoms with Crippen LogP contribution in [0.3, 0.4) is 0 Å². The van der Waals surface area contributed by atoms with Gasteiger partial charge in [-0.3, -0.25) is 14.5 Å². The van der Waals surface area contributed by atoms with E-state index in [2.05, 4.69) is 15.1 Å². The number of esters is 2. The molecule has 0 spiro atoms. The number of benzene rings is 1. The molecular weight excluding hydrogens is 666 g/mol. The lowest BCUT2D eigenvalue weighted by molar-refractivity contribution is -0.164. The van der Waals surface area contributed by atoms with Crippen LogP contribution in [0.5, 0.6) is 0 Å². The summed E-state index contributed by atoms with van der Waals surface area (Å²) in [6.45, 7) is 4.65. The van der Waals surface area contributed by atoms with Crippen molar-refractivity contribution in [3.05, 3.63) is 35.9 Å². The predicted octanol–water partition coefficient (Wildman–Crippen LogP) is 4.01. The summed E-state index contributed by atoms with van der Waals surface area (Å²) in [5.74, 6) is -1.38. The van der Waals surface area contributed by atoms with E-state index in [0.717, 1.165) is 89.5 Å². The van der Waals surface area contributed by atoms with E-state index < -0.39 is 48.3 Å². The van der Waals surface area contributed by atoms with E-state index in [4.69, 9.17) is 23.7 Å². The maximum Gasteiger partial charge on any atom is 0.337 e. The summed E-state index contributed by atoms with van der Waals surface area (Å²) in [5, 5.41) is 14.6. The normalized spacial score (nSPS) is 28.0. The van der Waals surface area contributed by atoms with E-state index in [-0.39, 0.29) is 31.8 Å². The molecule has 1 aromatic rings. The minimum absolute atomic E-state index is 0.128. The molecule has 0 bridgehead atoms. The summed E-state index contributed by atoms with van der Waals surface area (Å²) in [4.78, 5) is 45.5. The van der Waals surface area contributed by atoms with E-state index in [1.54, 1.807) is 7.11 Å². The third kappa shape index (κ3) is 13.7. The van der Waals surface area contributed by atoms with Gasteiger partial charge in [0.05, 0.1) is 18.2 Å². The molecule has 4 aliphatic rings. The van der Waals surface area contributed by atoms with Gasteiger partial charge in [-0.25, -0.2) is 4.79 Å².